The summed E-state index contributed by atoms with van der Waals surface area (Å²) < 4.78 is 28.1. The van der Waals surface area contributed by atoms with Gasteiger partial charge in [0.15, 0.2) is 0 Å². The minimum Gasteiger partial charge on any atom is -0.481 e. The van der Waals surface area contributed by atoms with Crippen LogP contribution < -0.4 is 5.32 Å². The SMILES string of the molecule is CC(C)Cn1ncc(C(=O)Nc2cccc(CSCC(=O)O)c2)c1C(F)F. The summed E-state index contributed by atoms with van der Waals surface area (Å²) in [6, 6.07) is 6.84. The number of carbonyl (C=O) groups is 2. The number of hydrogen-bond donors (Lipinski definition) is 2. The summed E-state index contributed by atoms with van der Waals surface area (Å²) in [6.07, 6.45) is -1.66. The molecule has 27 heavy (non-hydrogen) atoms. The summed E-state index contributed by atoms with van der Waals surface area (Å²) in [4.78, 5) is 23.0. The van der Waals surface area contributed by atoms with Crippen LogP contribution in [0.5, 0.6) is 0 Å². The van der Waals surface area contributed by atoms with E-state index in [1.807, 2.05) is 13.8 Å². The maximum atomic E-state index is 13.4. The van der Waals surface area contributed by atoms with Gasteiger partial charge >= 0.3 is 5.97 Å². The molecule has 2 rings (SSSR count). The molecule has 1 heterocycles. The number of carboxylic acids is 1. The Morgan fingerprint density at radius 3 is 2.70 bits per heavy atom. The molecule has 0 bridgehead atoms. The smallest absolute Gasteiger partial charge is 0.313 e. The third kappa shape index (κ3) is 6.06. The Morgan fingerprint density at radius 2 is 2.07 bits per heavy atom. The van der Waals surface area contributed by atoms with Gasteiger partial charge in [0.05, 0.1) is 17.5 Å². The molecule has 0 radical (unpaired) electrons. The summed E-state index contributed by atoms with van der Waals surface area (Å²) in [7, 11) is 0. The number of rotatable bonds is 9. The Balaban J connectivity index is 2.13. The molecule has 0 fully saturated rings. The second kappa shape index (κ2) is 9.50. The van der Waals surface area contributed by atoms with Crippen molar-refractivity contribution in [3.05, 3.63) is 47.3 Å². The second-order valence-corrected chi connectivity index (χ2v) is 7.35. The second-order valence-electron chi connectivity index (χ2n) is 6.36. The first-order valence-corrected chi connectivity index (χ1v) is 9.47. The van der Waals surface area contributed by atoms with Crippen molar-refractivity contribution in [2.24, 2.45) is 5.92 Å². The van der Waals surface area contributed by atoms with Crippen molar-refractivity contribution in [3.8, 4) is 0 Å². The monoisotopic (exact) mass is 397 g/mol. The number of alkyl halides is 2. The number of carboxylic acid groups (broad SMARTS) is 1. The van der Waals surface area contributed by atoms with Gasteiger partial charge < -0.3 is 10.4 Å². The molecule has 0 atom stereocenters. The quantitative estimate of drug-likeness (QED) is 0.667. The first-order valence-electron chi connectivity index (χ1n) is 8.31. The number of nitrogens with one attached hydrogen (secondary N) is 1. The zero-order valence-corrected chi connectivity index (χ0v) is 15.8. The fourth-order valence-electron chi connectivity index (χ4n) is 2.48. The van der Waals surface area contributed by atoms with Crippen molar-refractivity contribution in [3.63, 3.8) is 0 Å². The van der Waals surface area contributed by atoms with Crippen molar-refractivity contribution in [1.29, 1.82) is 0 Å². The zero-order valence-electron chi connectivity index (χ0n) is 15.0. The van der Waals surface area contributed by atoms with Gasteiger partial charge in [-0.05, 0) is 23.6 Å². The van der Waals surface area contributed by atoms with E-state index in [1.54, 1.807) is 24.3 Å². The highest BCUT2D eigenvalue weighted by Gasteiger charge is 2.25. The van der Waals surface area contributed by atoms with Crippen LogP contribution in [-0.4, -0.2) is 32.5 Å². The first-order chi connectivity index (χ1) is 12.8. The molecule has 0 aliphatic heterocycles. The minimum atomic E-state index is -2.81. The lowest BCUT2D eigenvalue weighted by atomic mass is 10.2. The van der Waals surface area contributed by atoms with Gasteiger partial charge in [-0.1, -0.05) is 26.0 Å². The molecule has 146 valence electrons. The highest BCUT2D eigenvalue weighted by molar-refractivity contribution is 7.99. The average molecular weight is 397 g/mol. The number of benzene rings is 1. The molecule has 0 saturated heterocycles. The number of thioether (sulfide) groups is 1. The van der Waals surface area contributed by atoms with Crippen LogP contribution in [0.1, 0.15) is 41.9 Å². The number of hydrogen-bond acceptors (Lipinski definition) is 4. The van der Waals surface area contributed by atoms with Crippen LogP contribution in [0.25, 0.3) is 0 Å². The van der Waals surface area contributed by atoms with Crippen LogP contribution in [-0.2, 0) is 17.1 Å². The van der Waals surface area contributed by atoms with E-state index < -0.39 is 24.0 Å². The number of aliphatic carboxylic acids is 1. The van der Waals surface area contributed by atoms with Crippen molar-refractivity contribution >= 4 is 29.3 Å². The molecule has 9 heteroatoms. The third-order valence-electron chi connectivity index (χ3n) is 3.55. The highest BCUT2D eigenvalue weighted by atomic mass is 32.2. The Kier molecular flexibility index (Phi) is 7.35. The van der Waals surface area contributed by atoms with E-state index in [-0.39, 0.29) is 17.2 Å². The van der Waals surface area contributed by atoms with Crippen LogP contribution >= 0.6 is 11.8 Å². The van der Waals surface area contributed by atoms with Crippen molar-refractivity contribution in [2.45, 2.75) is 32.6 Å². The van der Waals surface area contributed by atoms with Gasteiger partial charge in [0.1, 0.15) is 5.69 Å². The molecule has 0 saturated carbocycles. The Bertz CT molecular complexity index is 809. The highest BCUT2D eigenvalue weighted by Crippen LogP contribution is 2.25. The summed E-state index contributed by atoms with van der Waals surface area (Å²) in [5.74, 6) is -1.01. The van der Waals surface area contributed by atoms with Gasteiger partial charge in [-0.15, -0.1) is 11.8 Å². The molecule has 1 aromatic carbocycles. The first kappa shape index (κ1) is 20.9. The molecule has 1 aromatic heterocycles. The van der Waals surface area contributed by atoms with Gasteiger partial charge in [0.2, 0.25) is 0 Å². The van der Waals surface area contributed by atoms with E-state index in [0.29, 0.717) is 18.0 Å². The van der Waals surface area contributed by atoms with Crippen molar-refractivity contribution < 1.29 is 23.5 Å². The van der Waals surface area contributed by atoms with E-state index in [9.17, 15) is 18.4 Å². The lowest BCUT2D eigenvalue weighted by molar-refractivity contribution is -0.133. The van der Waals surface area contributed by atoms with E-state index in [0.717, 1.165) is 11.8 Å². The molecular weight excluding hydrogens is 376 g/mol. The lowest BCUT2D eigenvalue weighted by Crippen LogP contribution is -2.16. The van der Waals surface area contributed by atoms with E-state index in [2.05, 4.69) is 10.4 Å². The van der Waals surface area contributed by atoms with Crippen molar-refractivity contribution in [2.75, 3.05) is 11.1 Å². The van der Waals surface area contributed by atoms with Gasteiger partial charge in [0.25, 0.3) is 12.3 Å². The Morgan fingerprint density at radius 1 is 1.33 bits per heavy atom. The number of anilines is 1. The van der Waals surface area contributed by atoms with Crippen LogP contribution in [0.2, 0.25) is 0 Å². The minimum absolute atomic E-state index is 0.0244. The molecule has 1 amide bonds. The molecule has 2 aromatic rings. The summed E-state index contributed by atoms with van der Waals surface area (Å²) in [5.41, 5.74) is 0.722. The lowest BCUT2D eigenvalue weighted by Gasteiger charge is -2.11. The van der Waals surface area contributed by atoms with E-state index in [4.69, 9.17) is 5.11 Å². The predicted octanol–water partition coefficient (Wildman–Crippen LogP) is 4.05. The zero-order chi connectivity index (χ0) is 20.0. The average Bonchev–Trinajstić information content (AvgIpc) is 2.98. The third-order valence-corrected chi connectivity index (χ3v) is 4.54. The molecule has 2 N–H and O–H groups in total. The number of halogens is 2. The Labute approximate surface area is 160 Å². The number of carbonyl (C=O) groups excluding carboxylic acids is 1. The molecule has 0 unspecified atom stereocenters. The molecule has 0 aliphatic carbocycles. The maximum absolute atomic E-state index is 13.4. The van der Waals surface area contributed by atoms with E-state index in [1.165, 1.54) is 16.4 Å². The van der Waals surface area contributed by atoms with E-state index >= 15 is 0 Å². The standard InChI is InChI=1S/C18H21F2N3O3S/c1-11(2)8-23-16(17(19)20)14(7-21-23)18(26)22-13-5-3-4-12(6-13)9-27-10-15(24)25/h3-7,11,17H,8-10H2,1-2H3,(H,22,26)(H,24,25). The van der Waals surface area contributed by atoms with Gasteiger partial charge in [-0.3, -0.25) is 14.3 Å². The van der Waals surface area contributed by atoms with Crippen LogP contribution in [0.4, 0.5) is 14.5 Å². The van der Waals surface area contributed by atoms with Crippen molar-refractivity contribution in [1.82, 2.24) is 9.78 Å². The number of nitrogens with zero attached hydrogens (tertiary/aromatic N) is 2. The fourth-order valence-corrected chi connectivity index (χ4v) is 3.18. The van der Waals surface area contributed by atoms with Gasteiger partial charge in [-0.25, -0.2) is 8.78 Å². The summed E-state index contributed by atoms with van der Waals surface area (Å²) >= 11 is 1.23. The summed E-state index contributed by atoms with van der Waals surface area (Å²) in [5, 5.41) is 15.2. The predicted molar refractivity (Wildman–Crippen MR) is 100 cm³/mol. The maximum Gasteiger partial charge on any atom is 0.313 e. The van der Waals surface area contributed by atoms with Crippen LogP contribution in [0.3, 0.4) is 0 Å². The topological polar surface area (TPSA) is 84.2 Å². The van der Waals surface area contributed by atoms with Gasteiger partial charge in [0, 0.05) is 18.0 Å². The van der Waals surface area contributed by atoms with Crippen LogP contribution in [0.15, 0.2) is 30.5 Å². The Hall–Kier alpha value is -2.42. The molecular formula is C18H21F2N3O3S. The fraction of sp³-hybridized carbons (Fsp3) is 0.389. The largest absolute Gasteiger partial charge is 0.481 e. The number of amides is 1. The molecule has 6 nitrogen and oxygen atoms in total. The molecule has 0 aliphatic rings. The normalized spacial score (nSPS) is 11.2. The molecule has 0 spiro atoms. The number of aromatic nitrogens is 2. The van der Waals surface area contributed by atoms with Crippen LogP contribution in [0, 0.1) is 5.92 Å². The summed E-state index contributed by atoms with van der Waals surface area (Å²) in [6.45, 7) is 4.05. The van der Waals surface area contributed by atoms with Gasteiger partial charge in [-0.2, -0.15) is 5.10 Å².